The van der Waals surface area contributed by atoms with Crippen LogP contribution in [-0.2, 0) is 16.1 Å². The minimum atomic E-state index is -0.314. The molecule has 0 saturated carbocycles. The molecule has 0 heterocycles. The fourth-order valence-corrected chi connectivity index (χ4v) is 2.19. The number of hydrogen-bond donors (Lipinski definition) is 2. The molecule has 2 aromatic rings. The van der Waals surface area contributed by atoms with Crippen LogP contribution in [0, 0.1) is 11.3 Å². The Hall–Kier alpha value is -3.59. The van der Waals surface area contributed by atoms with E-state index in [9.17, 15) is 9.59 Å². The molecule has 6 nitrogen and oxygen atoms in total. The molecule has 0 spiro atoms. The second kappa shape index (κ2) is 9.64. The Bertz CT molecular complexity index is 836. The van der Waals surface area contributed by atoms with Crippen molar-refractivity contribution in [3.8, 4) is 11.8 Å². The lowest BCUT2D eigenvalue weighted by Gasteiger charge is -2.06. The predicted octanol–water partition coefficient (Wildman–Crippen LogP) is 2.88. The first-order valence-electron chi connectivity index (χ1n) is 7.97. The number of methoxy groups -OCH3 is 1. The topological polar surface area (TPSA) is 91.2 Å². The third-order valence-corrected chi connectivity index (χ3v) is 3.50. The molecule has 2 rings (SSSR count). The molecule has 2 amide bonds. The number of para-hydroxylation sites is 1. The van der Waals surface area contributed by atoms with Crippen LogP contribution in [0.5, 0.6) is 5.75 Å². The Labute approximate surface area is 152 Å². The van der Waals surface area contributed by atoms with E-state index >= 15 is 0 Å². The third-order valence-electron chi connectivity index (χ3n) is 3.50. The molecule has 2 aromatic carbocycles. The van der Waals surface area contributed by atoms with E-state index in [-0.39, 0.29) is 18.2 Å². The van der Waals surface area contributed by atoms with Gasteiger partial charge >= 0.3 is 0 Å². The van der Waals surface area contributed by atoms with Crippen LogP contribution in [0.2, 0.25) is 0 Å². The number of carbonyl (C=O) groups excluding carboxylic acids is 2. The van der Waals surface area contributed by atoms with Crippen molar-refractivity contribution in [2.45, 2.75) is 13.0 Å². The summed E-state index contributed by atoms with van der Waals surface area (Å²) in [6.45, 7) is 0.336. The predicted molar refractivity (Wildman–Crippen MR) is 99.2 cm³/mol. The van der Waals surface area contributed by atoms with Crippen molar-refractivity contribution in [2.24, 2.45) is 0 Å². The number of carbonyl (C=O) groups is 2. The van der Waals surface area contributed by atoms with E-state index in [0.717, 1.165) is 11.1 Å². The Kier molecular flexibility index (Phi) is 6.95. The van der Waals surface area contributed by atoms with E-state index < -0.39 is 0 Å². The van der Waals surface area contributed by atoms with Gasteiger partial charge in [0.05, 0.1) is 13.2 Å². The van der Waals surface area contributed by atoms with Crippen molar-refractivity contribution in [1.82, 2.24) is 5.32 Å². The molecule has 0 aliphatic heterocycles. The number of hydrogen-bond acceptors (Lipinski definition) is 4. The number of anilines is 1. The van der Waals surface area contributed by atoms with E-state index in [4.69, 9.17) is 10.00 Å². The molecule has 26 heavy (non-hydrogen) atoms. The van der Waals surface area contributed by atoms with E-state index in [1.165, 1.54) is 6.08 Å². The number of nitrogens with one attached hydrogen (secondary N) is 2. The highest BCUT2D eigenvalue weighted by Gasteiger charge is 2.02. The molecule has 132 valence electrons. The highest BCUT2D eigenvalue weighted by atomic mass is 16.5. The van der Waals surface area contributed by atoms with Crippen molar-refractivity contribution in [1.29, 1.82) is 5.26 Å². The lowest BCUT2D eigenvalue weighted by atomic mass is 10.2. The number of rotatable bonds is 7. The van der Waals surface area contributed by atoms with Gasteiger partial charge in [-0.05, 0) is 29.8 Å². The van der Waals surface area contributed by atoms with Gasteiger partial charge in [0.25, 0.3) is 0 Å². The van der Waals surface area contributed by atoms with Gasteiger partial charge in [-0.2, -0.15) is 5.26 Å². The van der Waals surface area contributed by atoms with Crippen molar-refractivity contribution in [3.05, 3.63) is 65.7 Å². The van der Waals surface area contributed by atoms with Crippen molar-refractivity contribution in [2.75, 3.05) is 12.4 Å². The van der Waals surface area contributed by atoms with Crippen molar-refractivity contribution >= 4 is 23.6 Å². The Morgan fingerprint density at radius 1 is 1.15 bits per heavy atom. The first-order chi connectivity index (χ1) is 12.6. The summed E-state index contributed by atoms with van der Waals surface area (Å²) in [6.07, 6.45) is 2.97. The average Bonchev–Trinajstić information content (AvgIpc) is 2.66. The van der Waals surface area contributed by atoms with Gasteiger partial charge in [-0.3, -0.25) is 9.59 Å². The third kappa shape index (κ3) is 5.80. The van der Waals surface area contributed by atoms with Gasteiger partial charge in [0.1, 0.15) is 12.2 Å². The zero-order valence-corrected chi connectivity index (χ0v) is 14.4. The molecule has 0 bridgehead atoms. The average molecular weight is 349 g/mol. The first kappa shape index (κ1) is 18.7. The van der Waals surface area contributed by atoms with Crippen LogP contribution >= 0.6 is 0 Å². The summed E-state index contributed by atoms with van der Waals surface area (Å²) in [5.74, 6) is 0.122. The molecule has 0 aliphatic carbocycles. The van der Waals surface area contributed by atoms with Crippen LogP contribution in [0.25, 0.3) is 6.08 Å². The minimum Gasteiger partial charge on any atom is -0.496 e. The maximum Gasteiger partial charge on any atom is 0.248 e. The van der Waals surface area contributed by atoms with Gasteiger partial charge in [0.2, 0.25) is 11.8 Å². The Balaban J connectivity index is 1.90. The summed E-state index contributed by atoms with van der Waals surface area (Å²) < 4.78 is 5.23. The molecule has 0 aromatic heterocycles. The number of benzene rings is 2. The maximum atomic E-state index is 12.0. The van der Waals surface area contributed by atoms with Crippen molar-refractivity contribution in [3.63, 3.8) is 0 Å². The smallest absolute Gasteiger partial charge is 0.248 e. The molecular weight excluding hydrogens is 330 g/mol. The van der Waals surface area contributed by atoms with Crippen LogP contribution in [0.4, 0.5) is 5.69 Å². The first-order valence-corrected chi connectivity index (χ1v) is 7.97. The monoisotopic (exact) mass is 349 g/mol. The Morgan fingerprint density at radius 2 is 1.88 bits per heavy atom. The lowest BCUT2D eigenvalue weighted by Crippen LogP contribution is -2.21. The summed E-state index contributed by atoms with van der Waals surface area (Å²) in [4.78, 5) is 23.3. The summed E-state index contributed by atoms with van der Waals surface area (Å²) in [7, 11) is 1.58. The van der Waals surface area contributed by atoms with Crippen LogP contribution in [0.1, 0.15) is 17.5 Å². The molecule has 0 aliphatic rings. The minimum absolute atomic E-state index is 0.160. The summed E-state index contributed by atoms with van der Waals surface area (Å²) in [5.41, 5.74) is 2.33. The normalized spacial score (nSPS) is 10.2. The van der Waals surface area contributed by atoms with E-state index in [2.05, 4.69) is 10.6 Å². The molecule has 0 atom stereocenters. The highest BCUT2D eigenvalue weighted by molar-refractivity contribution is 6.02. The molecule has 0 unspecified atom stereocenters. The van der Waals surface area contributed by atoms with E-state index in [1.54, 1.807) is 43.5 Å². The SMILES string of the molecule is COc1ccccc1/C=C/C(=O)Nc1ccc(CNC(=O)CC#N)cc1. The number of amides is 2. The second-order valence-electron chi connectivity index (χ2n) is 5.37. The van der Waals surface area contributed by atoms with Crippen molar-refractivity contribution < 1.29 is 14.3 Å². The molecule has 0 fully saturated rings. The molecular formula is C20H19N3O3. The zero-order valence-electron chi connectivity index (χ0n) is 14.4. The van der Waals surface area contributed by atoms with Gasteiger partial charge in [-0.25, -0.2) is 0 Å². The van der Waals surface area contributed by atoms with Crippen LogP contribution < -0.4 is 15.4 Å². The molecule has 6 heteroatoms. The zero-order chi connectivity index (χ0) is 18.8. The fraction of sp³-hybridized carbons (Fsp3) is 0.150. The van der Waals surface area contributed by atoms with Gasteiger partial charge in [0, 0.05) is 23.9 Å². The molecule has 0 radical (unpaired) electrons. The fourth-order valence-electron chi connectivity index (χ4n) is 2.19. The van der Waals surface area contributed by atoms with Crippen LogP contribution in [-0.4, -0.2) is 18.9 Å². The standard InChI is InChI=1S/C20H19N3O3/c1-26-18-5-3-2-4-16(18)8-11-20(25)23-17-9-6-15(7-10-17)14-22-19(24)12-13-21/h2-11H,12,14H2,1H3,(H,22,24)(H,23,25)/b11-8+. The maximum absolute atomic E-state index is 12.0. The van der Waals surface area contributed by atoms with Crippen LogP contribution in [0.15, 0.2) is 54.6 Å². The van der Waals surface area contributed by atoms with E-state index in [1.807, 2.05) is 24.3 Å². The van der Waals surface area contributed by atoms with Gasteiger partial charge in [0.15, 0.2) is 0 Å². The summed E-state index contributed by atoms with van der Waals surface area (Å²) in [6, 6.07) is 16.3. The highest BCUT2D eigenvalue weighted by Crippen LogP contribution is 2.18. The van der Waals surface area contributed by atoms with E-state index in [0.29, 0.717) is 18.0 Å². The number of nitrogens with zero attached hydrogens (tertiary/aromatic N) is 1. The van der Waals surface area contributed by atoms with Gasteiger partial charge in [-0.1, -0.05) is 30.3 Å². The van der Waals surface area contributed by atoms with Gasteiger partial charge < -0.3 is 15.4 Å². The summed E-state index contributed by atoms with van der Waals surface area (Å²) >= 11 is 0. The second-order valence-corrected chi connectivity index (χ2v) is 5.37. The molecule has 0 saturated heterocycles. The van der Waals surface area contributed by atoms with Gasteiger partial charge in [-0.15, -0.1) is 0 Å². The Morgan fingerprint density at radius 3 is 2.58 bits per heavy atom. The molecule has 2 N–H and O–H groups in total. The summed E-state index contributed by atoms with van der Waals surface area (Å²) in [5, 5.41) is 13.8. The van der Waals surface area contributed by atoms with Crippen LogP contribution in [0.3, 0.4) is 0 Å². The lowest BCUT2D eigenvalue weighted by molar-refractivity contribution is -0.120. The quantitative estimate of drug-likeness (QED) is 0.752. The number of ether oxygens (including phenoxy) is 1. The number of nitriles is 1. The largest absolute Gasteiger partial charge is 0.496 e.